The molecule has 4 aromatic rings. The molecule has 0 saturated carbocycles. The Balaban J connectivity index is 1.56. The first-order chi connectivity index (χ1) is 16.7. The zero-order valence-electron chi connectivity index (χ0n) is 19.6. The topological polar surface area (TPSA) is 95.7 Å². The lowest BCUT2D eigenvalue weighted by Crippen LogP contribution is -2.18. The van der Waals surface area contributed by atoms with Gasteiger partial charge in [-0.3, -0.25) is 4.79 Å². The van der Waals surface area contributed by atoms with Gasteiger partial charge < -0.3 is 19.7 Å². The molecule has 7 nitrogen and oxygen atoms in total. The van der Waals surface area contributed by atoms with Crippen molar-refractivity contribution in [2.45, 2.75) is 39.9 Å². The number of nitrogens with one attached hydrogen (secondary N) is 1. The van der Waals surface area contributed by atoms with Crippen molar-refractivity contribution in [1.29, 1.82) is 0 Å². The number of aryl methyl sites for hydroxylation is 2. The van der Waals surface area contributed by atoms with Gasteiger partial charge in [-0.2, -0.15) is 0 Å². The van der Waals surface area contributed by atoms with E-state index in [0.29, 0.717) is 35.6 Å². The van der Waals surface area contributed by atoms with Crippen LogP contribution in [0, 0.1) is 13.8 Å². The summed E-state index contributed by atoms with van der Waals surface area (Å²) in [6.45, 7) is 7.19. The second-order valence-electron chi connectivity index (χ2n) is 9.01. The molecular formula is C27H24ClN3O4. The minimum absolute atomic E-state index is 0.0963. The summed E-state index contributed by atoms with van der Waals surface area (Å²) in [4.78, 5) is 30.8. The molecule has 1 atom stereocenters. The predicted octanol–water partition coefficient (Wildman–Crippen LogP) is 5.85. The van der Waals surface area contributed by atoms with Gasteiger partial charge in [0.25, 0.3) is 0 Å². The molecule has 8 heteroatoms. The van der Waals surface area contributed by atoms with Crippen molar-refractivity contribution in [3.8, 4) is 0 Å². The minimum atomic E-state index is -1.19. The van der Waals surface area contributed by atoms with Crippen LogP contribution in [-0.2, 0) is 13.1 Å². The number of fused-ring (bicyclic) bond motifs is 2. The van der Waals surface area contributed by atoms with E-state index in [-0.39, 0.29) is 22.3 Å². The molecule has 1 unspecified atom stereocenters. The monoisotopic (exact) mass is 489 g/mol. The standard InChI is InChI=1S/C27H24ClN3O4/c1-14-4-5-17-12-31(13-18(17)8-14)24-11-22(32)20-10-15(2)9-19(26(20)35-24)16(3)29-21-6-7-23(28)30-25(21)27(33)34/h4-11,16,29H,12-13H2,1-3H3,(H,33,34). The number of anilines is 2. The van der Waals surface area contributed by atoms with Gasteiger partial charge in [-0.25, -0.2) is 9.78 Å². The molecular weight excluding hydrogens is 466 g/mol. The fourth-order valence-electron chi connectivity index (χ4n) is 4.60. The Morgan fingerprint density at radius 2 is 1.86 bits per heavy atom. The smallest absolute Gasteiger partial charge is 0.356 e. The van der Waals surface area contributed by atoms with Crippen molar-refractivity contribution in [3.63, 3.8) is 0 Å². The first-order valence-corrected chi connectivity index (χ1v) is 11.7. The molecule has 0 spiro atoms. The van der Waals surface area contributed by atoms with Crippen LogP contribution in [0.25, 0.3) is 11.0 Å². The molecule has 0 bridgehead atoms. The minimum Gasteiger partial charge on any atom is -0.476 e. The fraction of sp³-hybridized carbons (Fsp3) is 0.222. The Morgan fingerprint density at radius 3 is 2.63 bits per heavy atom. The molecule has 0 radical (unpaired) electrons. The van der Waals surface area contributed by atoms with Gasteiger partial charge in [0.1, 0.15) is 10.7 Å². The first-order valence-electron chi connectivity index (χ1n) is 11.3. The van der Waals surface area contributed by atoms with E-state index >= 15 is 0 Å². The summed E-state index contributed by atoms with van der Waals surface area (Å²) in [5.74, 6) is -0.679. The maximum Gasteiger partial charge on any atom is 0.356 e. The number of carboxylic acid groups (broad SMARTS) is 1. The maximum absolute atomic E-state index is 13.1. The summed E-state index contributed by atoms with van der Waals surface area (Å²) in [6, 6.07) is 14.4. The lowest BCUT2D eigenvalue weighted by atomic mass is 10.0. The van der Waals surface area contributed by atoms with Crippen LogP contribution >= 0.6 is 11.6 Å². The second kappa shape index (κ2) is 8.74. The molecule has 1 aliphatic heterocycles. The van der Waals surface area contributed by atoms with Crippen molar-refractivity contribution in [3.05, 3.63) is 97.4 Å². The van der Waals surface area contributed by atoms with Gasteiger partial charge in [-0.15, -0.1) is 0 Å². The number of carbonyl (C=O) groups is 1. The average Bonchev–Trinajstić information content (AvgIpc) is 3.23. The molecule has 2 aromatic heterocycles. The molecule has 178 valence electrons. The molecule has 2 N–H and O–H groups in total. The van der Waals surface area contributed by atoms with Crippen LogP contribution in [0.15, 0.2) is 57.7 Å². The number of aromatic nitrogens is 1. The van der Waals surface area contributed by atoms with E-state index in [1.165, 1.54) is 22.8 Å². The molecule has 0 aliphatic carbocycles. The number of benzene rings is 2. The molecule has 2 aromatic carbocycles. The van der Waals surface area contributed by atoms with Crippen molar-refractivity contribution < 1.29 is 14.3 Å². The third kappa shape index (κ3) is 4.35. The normalized spacial score (nSPS) is 13.7. The van der Waals surface area contributed by atoms with Crippen LogP contribution < -0.4 is 15.6 Å². The van der Waals surface area contributed by atoms with E-state index in [1.54, 1.807) is 12.1 Å². The van der Waals surface area contributed by atoms with E-state index in [1.807, 2.05) is 26.0 Å². The first kappa shape index (κ1) is 22.9. The zero-order valence-corrected chi connectivity index (χ0v) is 20.3. The number of halogens is 1. The molecule has 35 heavy (non-hydrogen) atoms. The van der Waals surface area contributed by atoms with Crippen LogP contribution in [0.1, 0.15) is 51.3 Å². The average molecular weight is 490 g/mol. The van der Waals surface area contributed by atoms with Gasteiger partial charge in [0, 0.05) is 24.7 Å². The Labute approximate surface area is 207 Å². The van der Waals surface area contributed by atoms with Gasteiger partial charge >= 0.3 is 5.97 Å². The van der Waals surface area contributed by atoms with Gasteiger partial charge in [0.05, 0.1) is 17.1 Å². The zero-order chi connectivity index (χ0) is 24.9. The van der Waals surface area contributed by atoms with Gasteiger partial charge in [-0.1, -0.05) is 41.4 Å². The summed E-state index contributed by atoms with van der Waals surface area (Å²) in [7, 11) is 0. The summed E-state index contributed by atoms with van der Waals surface area (Å²) >= 11 is 5.90. The number of rotatable bonds is 5. The third-order valence-corrected chi connectivity index (χ3v) is 6.50. The van der Waals surface area contributed by atoms with E-state index in [2.05, 4.69) is 40.3 Å². The van der Waals surface area contributed by atoms with Crippen LogP contribution in [0.4, 0.5) is 11.6 Å². The Hall–Kier alpha value is -3.84. The third-order valence-electron chi connectivity index (χ3n) is 6.29. The molecule has 3 heterocycles. The second-order valence-corrected chi connectivity index (χ2v) is 9.40. The summed E-state index contributed by atoms with van der Waals surface area (Å²) in [6.07, 6.45) is 0. The molecule has 5 rings (SSSR count). The Kier molecular flexibility index (Phi) is 5.73. The largest absolute Gasteiger partial charge is 0.476 e. The Morgan fingerprint density at radius 1 is 1.09 bits per heavy atom. The number of hydrogen-bond acceptors (Lipinski definition) is 6. The quantitative estimate of drug-likeness (QED) is 0.339. The van der Waals surface area contributed by atoms with Crippen molar-refractivity contribution in [2.75, 3.05) is 10.2 Å². The van der Waals surface area contributed by atoms with E-state index in [9.17, 15) is 14.7 Å². The predicted molar refractivity (Wildman–Crippen MR) is 137 cm³/mol. The Bertz CT molecular complexity index is 1550. The lowest BCUT2D eigenvalue weighted by Gasteiger charge is -2.21. The van der Waals surface area contributed by atoms with Gasteiger partial charge in [0.15, 0.2) is 11.1 Å². The van der Waals surface area contributed by atoms with Crippen LogP contribution in [0.5, 0.6) is 0 Å². The lowest BCUT2D eigenvalue weighted by molar-refractivity contribution is 0.0691. The van der Waals surface area contributed by atoms with Crippen molar-refractivity contribution >= 4 is 40.1 Å². The molecule has 0 fully saturated rings. The number of aromatic carboxylic acids is 1. The molecule has 0 amide bonds. The van der Waals surface area contributed by atoms with E-state index in [0.717, 1.165) is 11.1 Å². The maximum atomic E-state index is 13.1. The van der Waals surface area contributed by atoms with Crippen LogP contribution in [0.3, 0.4) is 0 Å². The highest BCUT2D eigenvalue weighted by Crippen LogP contribution is 2.33. The van der Waals surface area contributed by atoms with Crippen molar-refractivity contribution in [1.82, 2.24) is 4.98 Å². The van der Waals surface area contributed by atoms with Gasteiger partial charge in [-0.05, 0) is 55.7 Å². The summed E-state index contributed by atoms with van der Waals surface area (Å²) < 4.78 is 6.36. The molecule has 1 aliphatic rings. The number of hydrogen-bond donors (Lipinski definition) is 2. The highest BCUT2D eigenvalue weighted by molar-refractivity contribution is 6.29. The number of pyridine rings is 1. The highest BCUT2D eigenvalue weighted by Gasteiger charge is 2.24. The summed E-state index contributed by atoms with van der Waals surface area (Å²) in [5.41, 5.74) is 5.80. The summed E-state index contributed by atoms with van der Waals surface area (Å²) in [5, 5.41) is 13.3. The van der Waals surface area contributed by atoms with Crippen molar-refractivity contribution in [2.24, 2.45) is 0 Å². The molecule has 0 saturated heterocycles. The van der Waals surface area contributed by atoms with Gasteiger partial charge in [0.2, 0.25) is 5.88 Å². The number of nitrogens with zero attached hydrogens (tertiary/aromatic N) is 2. The fourth-order valence-corrected chi connectivity index (χ4v) is 4.75. The van der Waals surface area contributed by atoms with E-state index < -0.39 is 5.97 Å². The SMILES string of the molecule is Cc1ccc2c(c1)CN(c1cc(=O)c3cc(C)cc(C(C)Nc4ccc(Cl)nc4C(=O)O)c3o1)C2. The van der Waals surface area contributed by atoms with E-state index in [4.69, 9.17) is 16.0 Å². The highest BCUT2D eigenvalue weighted by atomic mass is 35.5. The van der Waals surface area contributed by atoms with Crippen LogP contribution in [-0.4, -0.2) is 16.1 Å². The number of carboxylic acids is 1. The van der Waals surface area contributed by atoms with Crippen LogP contribution in [0.2, 0.25) is 5.15 Å².